The Balaban J connectivity index is 1.96. The normalized spacial score (nSPS) is 16.6. The maximum atomic E-state index is 12.2. The largest absolute Gasteiger partial charge is 0.377 e. The Kier molecular flexibility index (Phi) is 5.10. The summed E-state index contributed by atoms with van der Waals surface area (Å²) in [5, 5.41) is 6.44. The molecule has 2 rings (SSSR count). The molecular formula is C17H27N3O. The molecule has 1 aliphatic carbocycles. The first-order valence-corrected chi connectivity index (χ1v) is 7.82. The van der Waals surface area contributed by atoms with Crippen LogP contribution >= 0.6 is 0 Å². The number of nitrogens with one attached hydrogen (secondary N) is 2. The predicted molar refractivity (Wildman–Crippen MR) is 89.0 cm³/mol. The molecule has 116 valence electrons. The average Bonchev–Trinajstić information content (AvgIpc) is 2.93. The molecule has 21 heavy (non-hydrogen) atoms. The highest BCUT2D eigenvalue weighted by Gasteiger charge is 2.20. The highest BCUT2D eigenvalue weighted by atomic mass is 16.2. The van der Waals surface area contributed by atoms with Crippen LogP contribution in [0.25, 0.3) is 0 Å². The van der Waals surface area contributed by atoms with Crippen molar-refractivity contribution in [1.29, 1.82) is 0 Å². The highest BCUT2D eigenvalue weighted by molar-refractivity contribution is 5.84. The maximum absolute atomic E-state index is 12.2. The molecular weight excluding hydrogens is 262 g/mol. The van der Waals surface area contributed by atoms with Crippen molar-refractivity contribution < 1.29 is 4.79 Å². The van der Waals surface area contributed by atoms with Gasteiger partial charge < -0.3 is 15.5 Å². The van der Waals surface area contributed by atoms with E-state index in [1.165, 1.54) is 24.1 Å². The molecule has 4 nitrogen and oxygen atoms in total. The standard InChI is InChI=1S/C17H27N3O/c1-12-9-10-15(11-16(12)20(3)4)18-13(2)17(21)19-14-7-5-6-8-14/h9-11,13-14,18H,5-8H2,1-4H3,(H,19,21). The van der Waals surface area contributed by atoms with Gasteiger partial charge in [0.1, 0.15) is 6.04 Å². The van der Waals surface area contributed by atoms with Crippen LogP contribution in [0.3, 0.4) is 0 Å². The summed E-state index contributed by atoms with van der Waals surface area (Å²) in [6.45, 7) is 4.01. The molecule has 1 aromatic carbocycles. The summed E-state index contributed by atoms with van der Waals surface area (Å²) in [6, 6.07) is 6.36. The number of aryl methyl sites for hydroxylation is 1. The van der Waals surface area contributed by atoms with Crippen LogP contribution < -0.4 is 15.5 Å². The fourth-order valence-corrected chi connectivity index (χ4v) is 2.89. The molecule has 0 radical (unpaired) electrons. The molecule has 1 fully saturated rings. The topological polar surface area (TPSA) is 44.4 Å². The van der Waals surface area contributed by atoms with E-state index in [1.807, 2.05) is 27.1 Å². The lowest BCUT2D eigenvalue weighted by Crippen LogP contribution is -2.42. The first kappa shape index (κ1) is 15.7. The van der Waals surface area contributed by atoms with Crippen molar-refractivity contribution in [2.75, 3.05) is 24.3 Å². The van der Waals surface area contributed by atoms with E-state index in [0.29, 0.717) is 6.04 Å². The lowest BCUT2D eigenvalue weighted by molar-refractivity contribution is -0.122. The van der Waals surface area contributed by atoms with Crippen molar-refractivity contribution in [3.8, 4) is 0 Å². The predicted octanol–water partition coefficient (Wildman–Crippen LogP) is 2.92. The molecule has 0 aliphatic heterocycles. The number of amides is 1. The van der Waals surface area contributed by atoms with E-state index in [0.717, 1.165) is 18.5 Å². The quantitative estimate of drug-likeness (QED) is 0.876. The van der Waals surface area contributed by atoms with E-state index in [2.05, 4.69) is 34.6 Å². The van der Waals surface area contributed by atoms with Gasteiger partial charge in [-0.15, -0.1) is 0 Å². The first-order valence-electron chi connectivity index (χ1n) is 7.82. The Morgan fingerprint density at radius 1 is 1.29 bits per heavy atom. The summed E-state index contributed by atoms with van der Waals surface area (Å²) >= 11 is 0. The molecule has 0 heterocycles. The second-order valence-electron chi connectivity index (χ2n) is 6.25. The lowest BCUT2D eigenvalue weighted by atomic mass is 10.1. The van der Waals surface area contributed by atoms with Crippen molar-refractivity contribution in [2.45, 2.75) is 51.6 Å². The number of hydrogen-bond acceptors (Lipinski definition) is 3. The summed E-state index contributed by atoms with van der Waals surface area (Å²) in [7, 11) is 4.06. The van der Waals surface area contributed by atoms with Gasteiger partial charge in [0, 0.05) is 31.5 Å². The number of benzene rings is 1. The molecule has 2 N–H and O–H groups in total. The van der Waals surface area contributed by atoms with E-state index in [4.69, 9.17) is 0 Å². The van der Waals surface area contributed by atoms with Crippen LogP contribution in [0.5, 0.6) is 0 Å². The molecule has 1 aliphatic rings. The Morgan fingerprint density at radius 2 is 1.95 bits per heavy atom. The van der Waals surface area contributed by atoms with Crippen molar-refractivity contribution >= 4 is 17.3 Å². The molecule has 0 aromatic heterocycles. The minimum Gasteiger partial charge on any atom is -0.377 e. The van der Waals surface area contributed by atoms with E-state index >= 15 is 0 Å². The average molecular weight is 289 g/mol. The van der Waals surface area contributed by atoms with Crippen LogP contribution in [0.2, 0.25) is 0 Å². The third-order valence-electron chi connectivity index (χ3n) is 4.17. The first-order chi connectivity index (χ1) is 9.97. The van der Waals surface area contributed by atoms with Crippen molar-refractivity contribution in [3.05, 3.63) is 23.8 Å². The summed E-state index contributed by atoms with van der Waals surface area (Å²) in [5.74, 6) is 0.0916. The number of nitrogens with zero attached hydrogens (tertiary/aromatic N) is 1. The number of rotatable bonds is 5. The molecule has 1 amide bonds. The van der Waals surface area contributed by atoms with Crippen LogP contribution in [0.1, 0.15) is 38.2 Å². The summed E-state index contributed by atoms with van der Waals surface area (Å²) in [5.41, 5.74) is 3.38. The number of anilines is 2. The highest BCUT2D eigenvalue weighted by Crippen LogP contribution is 2.23. The van der Waals surface area contributed by atoms with Crippen LogP contribution in [0.4, 0.5) is 11.4 Å². The van der Waals surface area contributed by atoms with Gasteiger partial charge in [-0.1, -0.05) is 18.9 Å². The van der Waals surface area contributed by atoms with Gasteiger partial charge in [-0.25, -0.2) is 0 Å². The molecule has 0 saturated heterocycles. The minimum atomic E-state index is -0.219. The molecule has 1 unspecified atom stereocenters. The van der Waals surface area contributed by atoms with Gasteiger partial charge in [-0.05, 0) is 44.4 Å². The fourth-order valence-electron chi connectivity index (χ4n) is 2.89. The second-order valence-corrected chi connectivity index (χ2v) is 6.25. The summed E-state index contributed by atoms with van der Waals surface area (Å²) in [4.78, 5) is 14.3. The third kappa shape index (κ3) is 4.13. The molecule has 0 spiro atoms. The van der Waals surface area contributed by atoms with Crippen LogP contribution in [0.15, 0.2) is 18.2 Å². The van der Waals surface area contributed by atoms with Crippen LogP contribution in [-0.2, 0) is 4.79 Å². The Bertz CT molecular complexity index is 493. The molecule has 1 saturated carbocycles. The zero-order valence-electron chi connectivity index (χ0n) is 13.6. The molecule has 1 atom stereocenters. The Morgan fingerprint density at radius 3 is 2.57 bits per heavy atom. The zero-order chi connectivity index (χ0) is 15.4. The Labute approximate surface area is 127 Å². The molecule has 0 bridgehead atoms. The van der Waals surface area contributed by atoms with E-state index in [-0.39, 0.29) is 11.9 Å². The van der Waals surface area contributed by atoms with Gasteiger partial charge in [0.15, 0.2) is 0 Å². The maximum Gasteiger partial charge on any atom is 0.242 e. The molecule has 1 aromatic rings. The number of carbonyl (C=O) groups excluding carboxylic acids is 1. The smallest absolute Gasteiger partial charge is 0.242 e. The van der Waals surface area contributed by atoms with E-state index in [1.54, 1.807) is 0 Å². The van der Waals surface area contributed by atoms with Gasteiger partial charge >= 0.3 is 0 Å². The van der Waals surface area contributed by atoms with Gasteiger partial charge in [-0.2, -0.15) is 0 Å². The lowest BCUT2D eigenvalue weighted by Gasteiger charge is -2.21. The van der Waals surface area contributed by atoms with Gasteiger partial charge in [-0.3, -0.25) is 4.79 Å². The monoisotopic (exact) mass is 289 g/mol. The van der Waals surface area contributed by atoms with Crippen LogP contribution in [0, 0.1) is 6.92 Å². The summed E-state index contributed by atoms with van der Waals surface area (Å²) < 4.78 is 0. The Hall–Kier alpha value is -1.71. The fraction of sp³-hybridized carbons (Fsp3) is 0.588. The van der Waals surface area contributed by atoms with Gasteiger partial charge in [0.25, 0.3) is 0 Å². The second kappa shape index (κ2) is 6.83. The van der Waals surface area contributed by atoms with Crippen molar-refractivity contribution in [3.63, 3.8) is 0 Å². The van der Waals surface area contributed by atoms with Crippen molar-refractivity contribution in [2.24, 2.45) is 0 Å². The third-order valence-corrected chi connectivity index (χ3v) is 4.17. The summed E-state index contributed by atoms with van der Waals surface area (Å²) in [6.07, 6.45) is 4.70. The SMILES string of the molecule is Cc1ccc(NC(C)C(=O)NC2CCCC2)cc1N(C)C. The minimum absolute atomic E-state index is 0.0916. The van der Waals surface area contributed by atoms with E-state index in [9.17, 15) is 4.79 Å². The van der Waals surface area contributed by atoms with Crippen LogP contribution in [-0.4, -0.2) is 32.1 Å². The van der Waals surface area contributed by atoms with Crippen molar-refractivity contribution in [1.82, 2.24) is 5.32 Å². The van der Waals surface area contributed by atoms with Gasteiger partial charge in [0.05, 0.1) is 0 Å². The van der Waals surface area contributed by atoms with Gasteiger partial charge in [0.2, 0.25) is 5.91 Å². The van der Waals surface area contributed by atoms with E-state index < -0.39 is 0 Å². The zero-order valence-corrected chi connectivity index (χ0v) is 13.6. The molecule has 4 heteroatoms. The number of carbonyl (C=O) groups is 1. The number of hydrogen-bond donors (Lipinski definition) is 2.